The normalized spacial score (nSPS) is 29.8. The Labute approximate surface area is 129 Å². The van der Waals surface area contributed by atoms with E-state index in [4.69, 9.17) is 5.73 Å². The van der Waals surface area contributed by atoms with E-state index in [2.05, 4.69) is 42.2 Å². The van der Waals surface area contributed by atoms with E-state index in [1.54, 1.807) is 0 Å². The van der Waals surface area contributed by atoms with E-state index in [9.17, 15) is 0 Å². The number of hydrogen-bond donors (Lipinski definition) is 1. The number of nitrogens with two attached hydrogens (primary N) is 1. The van der Waals surface area contributed by atoms with Crippen molar-refractivity contribution in [3.63, 3.8) is 0 Å². The molecule has 2 nitrogen and oxygen atoms in total. The van der Waals surface area contributed by atoms with Crippen LogP contribution in [-0.4, -0.2) is 30.1 Å². The minimum absolute atomic E-state index is 0.280. The molecule has 1 aromatic carbocycles. The lowest BCUT2D eigenvalue weighted by atomic mass is 9.73. The van der Waals surface area contributed by atoms with Crippen LogP contribution in [0.2, 0.25) is 0 Å². The molecular weight excluding hydrogens is 256 g/mol. The quantitative estimate of drug-likeness (QED) is 0.862. The lowest BCUT2D eigenvalue weighted by Crippen LogP contribution is -2.56. The zero-order valence-electron chi connectivity index (χ0n) is 13.4. The van der Waals surface area contributed by atoms with Crippen LogP contribution < -0.4 is 5.73 Å². The van der Waals surface area contributed by atoms with E-state index < -0.39 is 0 Å². The average Bonchev–Trinajstić information content (AvgIpc) is 3.38. The van der Waals surface area contributed by atoms with Crippen molar-refractivity contribution in [1.82, 2.24) is 4.90 Å². The van der Waals surface area contributed by atoms with Crippen LogP contribution in [0.1, 0.15) is 56.9 Å². The van der Waals surface area contributed by atoms with E-state index in [1.165, 1.54) is 50.6 Å². The topological polar surface area (TPSA) is 29.3 Å². The summed E-state index contributed by atoms with van der Waals surface area (Å²) in [4.78, 5) is 2.71. The van der Waals surface area contributed by atoms with Gasteiger partial charge in [-0.25, -0.2) is 0 Å². The summed E-state index contributed by atoms with van der Waals surface area (Å²) in [5.74, 6) is 1.70. The summed E-state index contributed by atoms with van der Waals surface area (Å²) in [6.07, 6.45) is 7.99. The number of benzene rings is 1. The zero-order chi connectivity index (χ0) is 14.7. The molecule has 1 aromatic rings. The van der Waals surface area contributed by atoms with E-state index in [0.717, 1.165) is 24.9 Å². The van der Waals surface area contributed by atoms with Crippen LogP contribution in [0.5, 0.6) is 0 Å². The highest BCUT2D eigenvalue weighted by molar-refractivity contribution is 5.20. The summed E-state index contributed by atoms with van der Waals surface area (Å²) < 4.78 is 0. The van der Waals surface area contributed by atoms with Gasteiger partial charge in [0.05, 0.1) is 0 Å². The number of nitrogens with zero attached hydrogens (tertiary/aromatic N) is 1. The van der Waals surface area contributed by atoms with Gasteiger partial charge < -0.3 is 5.73 Å². The largest absolute Gasteiger partial charge is 0.329 e. The molecule has 3 rings (SSSR count). The van der Waals surface area contributed by atoms with Crippen molar-refractivity contribution < 1.29 is 0 Å². The van der Waals surface area contributed by atoms with Crippen LogP contribution >= 0.6 is 0 Å². The Morgan fingerprint density at radius 3 is 2.29 bits per heavy atom. The smallest absolute Gasteiger partial charge is 0.0332 e. The molecule has 0 bridgehead atoms. The van der Waals surface area contributed by atoms with Gasteiger partial charge in [-0.15, -0.1) is 0 Å². The molecule has 0 saturated heterocycles. The Bertz CT molecular complexity index is 430. The van der Waals surface area contributed by atoms with Crippen LogP contribution in [-0.2, 0) is 0 Å². The monoisotopic (exact) mass is 286 g/mol. The summed E-state index contributed by atoms with van der Waals surface area (Å²) in [6.45, 7) is 5.57. The number of rotatable bonds is 6. The van der Waals surface area contributed by atoms with E-state index in [1.807, 2.05) is 0 Å². The van der Waals surface area contributed by atoms with Crippen molar-refractivity contribution in [2.45, 2.75) is 56.9 Å². The standard InChI is InChI=1S/C19H30N2/c1-2-21(14-16-8-9-16)19(15-20)12-10-18(11-13-19)17-6-4-3-5-7-17/h3-7,16,18H,2,8-15,20H2,1H3. The molecule has 2 heteroatoms. The van der Waals surface area contributed by atoms with Crippen molar-refractivity contribution in [3.05, 3.63) is 35.9 Å². The Hall–Kier alpha value is -0.860. The molecular formula is C19H30N2. The maximum absolute atomic E-state index is 6.25. The van der Waals surface area contributed by atoms with Crippen LogP contribution in [0, 0.1) is 5.92 Å². The SMILES string of the molecule is CCN(CC1CC1)C1(CN)CCC(c2ccccc2)CC1. The van der Waals surface area contributed by atoms with Gasteiger partial charge in [-0.05, 0) is 62.5 Å². The lowest BCUT2D eigenvalue weighted by Gasteiger charge is -2.47. The summed E-state index contributed by atoms with van der Waals surface area (Å²) in [5.41, 5.74) is 8.06. The minimum Gasteiger partial charge on any atom is -0.329 e. The van der Waals surface area contributed by atoms with Crippen molar-refractivity contribution in [3.8, 4) is 0 Å². The highest BCUT2D eigenvalue weighted by Gasteiger charge is 2.40. The molecule has 0 spiro atoms. The van der Waals surface area contributed by atoms with E-state index in [-0.39, 0.29) is 5.54 Å². The summed E-state index contributed by atoms with van der Waals surface area (Å²) in [5, 5.41) is 0. The molecule has 2 saturated carbocycles. The fourth-order valence-electron chi connectivity index (χ4n) is 4.13. The number of hydrogen-bond acceptors (Lipinski definition) is 2. The van der Waals surface area contributed by atoms with Gasteiger partial charge in [0.25, 0.3) is 0 Å². The maximum Gasteiger partial charge on any atom is 0.0332 e. The molecule has 21 heavy (non-hydrogen) atoms. The highest BCUT2D eigenvalue weighted by Crippen LogP contribution is 2.42. The third kappa shape index (κ3) is 3.32. The molecule has 2 aliphatic rings. The van der Waals surface area contributed by atoms with E-state index in [0.29, 0.717) is 0 Å². The molecule has 2 N–H and O–H groups in total. The summed E-state index contributed by atoms with van der Waals surface area (Å²) >= 11 is 0. The predicted molar refractivity (Wildman–Crippen MR) is 89.4 cm³/mol. The van der Waals surface area contributed by atoms with Gasteiger partial charge in [0.2, 0.25) is 0 Å². The second-order valence-corrected chi connectivity index (χ2v) is 7.10. The third-order valence-corrected chi connectivity index (χ3v) is 5.80. The van der Waals surface area contributed by atoms with Crippen LogP contribution in [0.4, 0.5) is 0 Å². The Kier molecular flexibility index (Phi) is 4.66. The van der Waals surface area contributed by atoms with Crippen LogP contribution in [0.15, 0.2) is 30.3 Å². The van der Waals surface area contributed by atoms with Crippen molar-refractivity contribution in [1.29, 1.82) is 0 Å². The van der Waals surface area contributed by atoms with Gasteiger partial charge in [-0.3, -0.25) is 4.90 Å². The Balaban J connectivity index is 1.65. The maximum atomic E-state index is 6.25. The molecule has 0 atom stereocenters. The number of likely N-dealkylation sites (N-methyl/N-ethyl adjacent to an activating group) is 1. The first-order chi connectivity index (χ1) is 10.3. The third-order valence-electron chi connectivity index (χ3n) is 5.80. The Morgan fingerprint density at radius 1 is 1.10 bits per heavy atom. The van der Waals surface area contributed by atoms with Crippen molar-refractivity contribution in [2.75, 3.05) is 19.6 Å². The lowest BCUT2D eigenvalue weighted by molar-refractivity contribution is 0.0520. The zero-order valence-corrected chi connectivity index (χ0v) is 13.4. The molecule has 0 radical (unpaired) electrons. The van der Waals surface area contributed by atoms with Crippen LogP contribution in [0.3, 0.4) is 0 Å². The predicted octanol–water partition coefficient (Wildman–Crippen LogP) is 3.77. The Morgan fingerprint density at radius 2 is 1.76 bits per heavy atom. The molecule has 116 valence electrons. The first-order valence-corrected chi connectivity index (χ1v) is 8.77. The molecule has 2 fully saturated rings. The van der Waals surface area contributed by atoms with Gasteiger partial charge in [0, 0.05) is 18.6 Å². The van der Waals surface area contributed by atoms with Gasteiger partial charge in [0.15, 0.2) is 0 Å². The van der Waals surface area contributed by atoms with Crippen LogP contribution in [0.25, 0.3) is 0 Å². The fraction of sp³-hybridized carbons (Fsp3) is 0.684. The second kappa shape index (κ2) is 6.50. The first-order valence-electron chi connectivity index (χ1n) is 8.77. The van der Waals surface area contributed by atoms with Gasteiger partial charge in [0.1, 0.15) is 0 Å². The second-order valence-electron chi connectivity index (χ2n) is 7.10. The first kappa shape index (κ1) is 15.1. The molecule has 0 amide bonds. The highest BCUT2D eigenvalue weighted by atomic mass is 15.2. The molecule has 0 unspecified atom stereocenters. The summed E-state index contributed by atoms with van der Waals surface area (Å²) in [7, 11) is 0. The summed E-state index contributed by atoms with van der Waals surface area (Å²) in [6, 6.07) is 11.0. The molecule has 0 aliphatic heterocycles. The van der Waals surface area contributed by atoms with E-state index >= 15 is 0 Å². The van der Waals surface area contributed by atoms with Crippen molar-refractivity contribution >= 4 is 0 Å². The molecule has 0 heterocycles. The minimum atomic E-state index is 0.280. The fourth-order valence-corrected chi connectivity index (χ4v) is 4.13. The van der Waals surface area contributed by atoms with Gasteiger partial charge in [-0.2, -0.15) is 0 Å². The average molecular weight is 286 g/mol. The van der Waals surface area contributed by atoms with Gasteiger partial charge >= 0.3 is 0 Å². The van der Waals surface area contributed by atoms with Crippen molar-refractivity contribution in [2.24, 2.45) is 11.7 Å². The van der Waals surface area contributed by atoms with Gasteiger partial charge in [-0.1, -0.05) is 37.3 Å². The molecule has 2 aliphatic carbocycles. The molecule has 0 aromatic heterocycles.